The van der Waals surface area contributed by atoms with Crippen molar-refractivity contribution in [3.8, 4) is 0 Å². The Morgan fingerprint density at radius 2 is 2.06 bits per heavy atom. The fourth-order valence-electron chi connectivity index (χ4n) is 2.51. The first-order chi connectivity index (χ1) is 7.36. The average Bonchev–Trinajstić information content (AvgIpc) is 2.82. The van der Waals surface area contributed by atoms with Crippen molar-refractivity contribution < 1.29 is 18.6 Å². The predicted molar refractivity (Wildman–Crippen MR) is 63.3 cm³/mol. The average molecular weight is 244 g/mol. The normalized spacial score (nSPS) is 21.2. The minimum atomic E-state index is 0. The molecule has 1 heteroatoms. The number of hydrogen-bond donors (Lipinski definition) is 0. The van der Waals surface area contributed by atoms with Gasteiger partial charge in [-0.1, -0.05) is 35.9 Å². The topological polar surface area (TPSA) is 0 Å². The van der Waals surface area contributed by atoms with Gasteiger partial charge in [0.2, 0.25) is 0 Å². The summed E-state index contributed by atoms with van der Waals surface area (Å²) in [4.78, 5) is 0. The maximum Gasteiger partial charge on any atom is 0 e. The fraction of sp³-hybridized carbons (Fsp3) is 0.200. The van der Waals surface area contributed by atoms with E-state index in [1.54, 1.807) is 0 Å². The minimum Gasteiger partial charge on any atom is -0.269 e. The Morgan fingerprint density at radius 1 is 1.25 bits per heavy atom. The summed E-state index contributed by atoms with van der Waals surface area (Å²) in [5.41, 5.74) is 5.58. The van der Waals surface area contributed by atoms with Gasteiger partial charge in [0.25, 0.3) is 0 Å². The van der Waals surface area contributed by atoms with Gasteiger partial charge < -0.3 is 0 Å². The maximum atomic E-state index is 3.43. The van der Waals surface area contributed by atoms with Crippen LogP contribution in [0.3, 0.4) is 0 Å². The van der Waals surface area contributed by atoms with E-state index in [1.165, 1.54) is 22.3 Å². The molecular formula is C15H13V-. The van der Waals surface area contributed by atoms with E-state index in [0.717, 1.165) is 6.42 Å². The quantitative estimate of drug-likeness (QED) is 0.658. The molecule has 0 saturated carbocycles. The van der Waals surface area contributed by atoms with Crippen LogP contribution in [0.2, 0.25) is 0 Å². The van der Waals surface area contributed by atoms with Crippen LogP contribution < -0.4 is 0 Å². The van der Waals surface area contributed by atoms with Crippen LogP contribution in [0.4, 0.5) is 0 Å². The van der Waals surface area contributed by atoms with E-state index >= 15 is 0 Å². The molecule has 2 aliphatic carbocycles. The zero-order valence-corrected chi connectivity index (χ0v) is 10.7. The van der Waals surface area contributed by atoms with Crippen LogP contribution in [0.15, 0.2) is 47.6 Å². The molecular weight excluding hydrogens is 231 g/mol. The molecule has 79 valence electrons. The first kappa shape index (κ1) is 11.5. The molecule has 0 N–H and O–H groups in total. The molecule has 0 heterocycles. The molecule has 1 aromatic carbocycles. The van der Waals surface area contributed by atoms with Gasteiger partial charge in [0, 0.05) is 18.6 Å². The van der Waals surface area contributed by atoms with Gasteiger partial charge in [-0.15, -0.1) is 6.42 Å². The number of benzene rings is 1. The molecule has 0 nitrogen and oxygen atoms in total. The smallest absolute Gasteiger partial charge is 0 e. The third-order valence-electron chi connectivity index (χ3n) is 3.18. The molecule has 3 rings (SSSR count). The molecule has 0 spiro atoms. The van der Waals surface area contributed by atoms with E-state index in [0.29, 0.717) is 5.92 Å². The third kappa shape index (κ3) is 1.73. The molecule has 16 heavy (non-hydrogen) atoms. The second-order valence-electron chi connectivity index (χ2n) is 4.19. The minimum absolute atomic E-state index is 0. The molecule has 0 amide bonds. The summed E-state index contributed by atoms with van der Waals surface area (Å²) in [6, 6.07) is 8.65. The molecule has 0 saturated heterocycles. The number of rotatable bonds is 1. The molecule has 1 radical (unpaired) electrons. The van der Waals surface area contributed by atoms with Gasteiger partial charge in [0.1, 0.15) is 0 Å². The van der Waals surface area contributed by atoms with Crippen molar-refractivity contribution in [1.82, 2.24) is 0 Å². The summed E-state index contributed by atoms with van der Waals surface area (Å²) in [6.45, 7) is 2.21. The van der Waals surface area contributed by atoms with Crippen molar-refractivity contribution in [3.05, 3.63) is 64.8 Å². The molecule has 1 atom stereocenters. The third-order valence-corrected chi connectivity index (χ3v) is 3.18. The van der Waals surface area contributed by atoms with Crippen molar-refractivity contribution in [2.75, 3.05) is 0 Å². The Hall–Kier alpha value is -0.976. The van der Waals surface area contributed by atoms with Crippen LogP contribution in [-0.4, -0.2) is 0 Å². The largest absolute Gasteiger partial charge is 0.269 e. The van der Waals surface area contributed by atoms with E-state index in [1.807, 2.05) is 0 Å². The Kier molecular flexibility index (Phi) is 3.23. The SMILES string of the molecule is CC1=Cc2ccccc2C1C1=[C-]CC=C1.[V]. The van der Waals surface area contributed by atoms with Gasteiger partial charge in [0.05, 0.1) is 0 Å². The van der Waals surface area contributed by atoms with E-state index in [2.05, 4.69) is 55.5 Å². The van der Waals surface area contributed by atoms with Gasteiger partial charge in [0.15, 0.2) is 0 Å². The Labute approximate surface area is 109 Å². The maximum absolute atomic E-state index is 3.43. The van der Waals surface area contributed by atoms with Crippen molar-refractivity contribution in [2.45, 2.75) is 19.3 Å². The van der Waals surface area contributed by atoms with Gasteiger partial charge in [-0.05, 0) is 24.0 Å². The van der Waals surface area contributed by atoms with Gasteiger partial charge in [-0.25, -0.2) is 11.6 Å². The molecule has 0 bridgehead atoms. The van der Waals surface area contributed by atoms with Gasteiger partial charge in [-0.3, -0.25) is 6.08 Å². The molecule has 1 unspecified atom stereocenters. The van der Waals surface area contributed by atoms with Crippen molar-refractivity contribution >= 4 is 6.08 Å². The predicted octanol–water partition coefficient (Wildman–Crippen LogP) is 3.87. The van der Waals surface area contributed by atoms with Crippen LogP contribution in [0.5, 0.6) is 0 Å². The van der Waals surface area contributed by atoms with E-state index < -0.39 is 0 Å². The molecule has 0 aromatic heterocycles. The monoisotopic (exact) mass is 244 g/mol. The molecule has 0 fully saturated rings. The van der Waals surface area contributed by atoms with Crippen LogP contribution in [0.1, 0.15) is 30.4 Å². The van der Waals surface area contributed by atoms with Crippen molar-refractivity contribution in [2.24, 2.45) is 0 Å². The van der Waals surface area contributed by atoms with Crippen LogP contribution in [0, 0.1) is 6.08 Å². The first-order valence-corrected chi connectivity index (χ1v) is 5.40. The first-order valence-electron chi connectivity index (χ1n) is 5.40. The number of allylic oxidation sites excluding steroid dienone is 5. The summed E-state index contributed by atoms with van der Waals surface area (Å²) in [5.74, 6) is 0.458. The van der Waals surface area contributed by atoms with Gasteiger partial charge in [-0.2, -0.15) is 6.08 Å². The van der Waals surface area contributed by atoms with E-state index in [-0.39, 0.29) is 18.6 Å². The van der Waals surface area contributed by atoms with E-state index in [4.69, 9.17) is 0 Å². The summed E-state index contributed by atoms with van der Waals surface area (Å²) in [6.07, 6.45) is 11.1. The van der Waals surface area contributed by atoms with Crippen molar-refractivity contribution in [3.63, 3.8) is 0 Å². The standard InChI is InChI=1S/C15H13.V/c1-11-10-13-8-4-5-9-14(13)15(11)12-6-2-3-7-12;/h2,4-6,8-10,15H,3H2,1H3;/q-1;. The summed E-state index contributed by atoms with van der Waals surface area (Å²) < 4.78 is 0. The number of hydrogen-bond acceptors (Lipinski definition) is 0. The summed E-state index contributed by atoms with van der Waals surface area (Å²) >= 11 is 0. The van der Waals surface area contributed by atoms with Crippen molar-refractivity contribution in [1.29, 1.82) is 0 Å². The summed E-state index contributed by atoms with van der Waals surface area (Å²) in [7, 11) is 0. The summed E-state index contributed by atoms with van der Waals surface area (Å²) in [5, 5.41) is 0. The second kappa shape index (κ2) is 4.49. The van der Waals surface area contributed by atoms with E-state index in [9.17, 15) is 0 Å². The Balaban J connectivity index is 0.000000963. The number of fused-ring (bicyclic) bond motifs is 1. The zero-order chi connectivity index (χ0) is 10.3. The van der Waals surface area contributed by atoms with Gasteiger partial charge >= 0.3 is 0 Å². The molecule has 0 aliphatic heterocycles. The Bertz CT molecular complexity index is 492. The molecule has 2 aliphatic rings. The van der Waals surface area contributed by atoms with Crippen LogP contribution in [-0.2, 0) is 18.6 Å². The second-order valence-corrected chi connectivity index (χ2v) is 4.19. The van der Waals surface area contributed by atoms with Crippen LogP contribution >= 0.6 is 0 Å². The zero-order valence-electron chi connectivity index (χ0n) is 9.27. The fourth-order valence-corrected chi connectivity index (χ4v) is 2.51. The van der Waals surface area contributed by atoms with Crippen LogP contribution in [0.25, 0.3) is 6.08 Å². The molecule has 1 aromatic rings. The Morgan fingerprint density at radius 3 is 2.81 bits per heavy atom.